The van der Waals surface area contributed by atoms with Crippen LogP contribution in [0.4, 0.5) is 11.5 Å². The standard InChI is InChI=1S/C21H24N6O2/c1-26-12-10-24-20(26)15-29-18-6-4-17(5-7-18)25-21(28)16-3-2-11-27(14-16)19-13-22-8-9-23-19/h4-10,12-13,16H,2-3,11,14-15H2,1H3,(H,25,28). The van der Waals surface area contributed by atoms with E-state index in [1.807, 2.05) is 42.1 Å². The van der Waals surface area contributed by atoms with Gasteiger partial charge in [0.25, 0.3) is 0 Å². The highest BCUT2D eigenvalue weighted by atomic mass is 16.5. The molecule has 0 radical (unpaired) electrons. The second kappa shape index (κ2) is 8.72. The summed E-state index contributed by atoms with van der Waals surface area (Å²) in [4.78, 5) is 27.6. The van der Waals surface area contributed by atoms with Crippen LogP contribution < -0.4 is 15.0 Å². The van der Waals surface area contributed by atoms with Crippen LogP contribution in [-0.4, -0.2) is 38.5 Å². The number of benzene rings is 1. The van der Waals surface area contributed by atoms with Crippen LogP contribution in [0.15, 0.2) is 55.2 Å². The first-order valence-electron chi connectivity index (χ1n) is 9.70. The first-order valence-corrected chi connectivity index (χ1v) is 9.70. The lowest BCUT2D eigenvalue weighted by Crippen LogP contribution is -2.41. The molecule has 4 rings (SSSR count). The first kappa shape index (κ1) is 18.9. The molecule has 8 nitrogen and oxygen atoms in total. The van der Waals surface area contributed by atoms with Gasteiger partial charge in [-0.05, 0) is 37.1 Å². The Morgan fingerprint density at radius 1 is 1.21 bits per heavy atom. The monoisotopic (exact) mass is 392 g/mol. The van der Waals surface area contributed by atoms with Crippen LogP contribution in [0, 0.1) is 5.92 Å². The zero-order chi connectivity index (χ0) is 20.1. The molecule has 150 valence electrons. The van der Waals surface area contributed by atoms with Crippen molar-refractivity contribution in [2.24, 2.45) is 13.0 Å². The highest BCUT2D eigenvalue weighted by Crippen LogP contribution is 2.23. The van der Waals surface area contributed by atoms with Crippen LogP contribution in [0.5, 0.6) is 5.75 Å². The third-order valence-corrected chi connectivity index (χ3v) is 5.08. The maximum atomic E-state index is 12.7. The average Bonchev–Trinajstić information content (AvgIpc) is 3.18. The van der Waals surface area contributed by atoms with Gasteiger partial charge in [-0.15, -0.1) is 0 Å². The number of carbonyl (C=O) groups is 1. The van der Waals surface area contributed by atoms with Crippen LogP contribution in [0.2, 0.25) is 0 Å². The number of rotatable bonds is 6. The van der Waals surface area contributed by atoms with Gasteiger partial charge < -0.3 is 19.5 Å². The van der Waals surface area contributed by atoms with Gasteiger partial charge in [0.1, 0.15) is 24.0 Å². The maximum Gasteiger partial charge on any atom is 0.229 e. The summed E-state index contributed by atoms with van der Waals surface area (Å²) in [7, 11) is 1.93. The Morgan fingerprint density at radius 3 is 2.79 bits per heavy atom. The molecule has 0 saturated carbocycles. The molecule has 1 amide bonds. The Morgan fingerprint density at radius 2 is 2.07 bits per heavy atom. The van der Waals surface area contributed by atoms with Gasteiger partial charge in [-0.2, -0.15) is 0 Å². The summed E-state index contributed by atoms with van der Waals surface area (Å²) in [5.74, 6) is 2.36. The van der Waals surface area contributed by atoms with Crippen molar-refractivity contribution in [1.82, 2.24) is 19.5 Å². The topological polar surface area (TPSA) is 85.2 Å². The van der Waals surface area contributed by atoms with E-state index in [2.05, 4.69) is 25.2 Å². The molecule has 1 atom stereocenters. The molecule has 1 unspecified atom stereocenters. The van der Waals surface area contributed by atoms with Crippen LogP contribution in [0.3, 0.4) is 0 Å². The van der Waals surface area contributed by atoms with Gasteiger partial charge in [-0.25, -0.2) is 9.97 Å². The van der Waals surface area contributed by atoms with E-state index >= 15 is 0 Å². The van der Waals surface area contributed by atoms with Gasteiger partial charge in [0.2, 0.25) is 5.91 Å². The number of hydrogen-bond donors (Lipinski definition) is 1. The van der Waals surface area contributed by atoms with Crippen LogP contribution in [0.25, 0.3) is 0 Å². The molecule has 0 spiro atoms. The van der Waals surface area contributed by atoms with Crippen LogP contribution in [0.1, 0.15) is 18.7 Å². The lowest BCUT2D eigenvalue weighted by Gasteiger charge is -2.32. The number of amides is 1. The number of aryl methyl sites for hydroxylation is 1. The van der Waals surface area contributed by atoms with Gasteiger partial charge in [0.05, 0.1) is 12.1 Å². The smallest absolute Gasteiger partial charge is 0.229 e. The van der Waals surface area contributed by atoms with E-state index < -0.39 is 0 Å². The molecule has 3 heterocycles. The molecule has 1 saturated heterocycles. The molecule has 1 aromatic carbocycles. The Balaban J connectivity index is 1.31. The first-order chi connectivity index (χ1) is 14.2. The summed E-state index contributed by atoms with van der Waals surface area (Å²) in [5, 5.41) is 3.02. The summed E-state index contributed by atoms with van der Waals surface area (Å²) in [6.45, 7) is 1.94. The van der Waals surface area contributed by atoms with Crippen molar-refractivity contribution in [1.29, 1.82) is 0 Å². The Hall–Kier alpha value is -3.42. The summed E-state index contributed by atoms with van der Waals surface area (Å²) in [5.41, 5.74) is 0.760. The fraction of sp³-hybridized carbons (Fsp3) is 0.333. The minimum Gasteiger partial charge on any atom is -0.486 e. The fourth-order valence-corrected chi connectivity index (χ4v) is 3.42. The van der Waals surface area contributed by atoms with Gasteiger partial charge in [-0.3, -0.25) is 9.78 Å². The second-order valence-corrected chi connectivity index (χ2v) is 7.11. The van der Waals surface area contributed by atoms with E-state index in [1.165, 1.54) is 0 Å². The zero-order valence-corrected chi connectivity index (χ0v) is 16.4. The van der Waals surface area contributed by atoms with Crippen molar-refractivity contribution in [3.63, 3.8) is 0 Å². The number of hydrogen-bond acceptors (Lipinski definition) is 6. The van der Waals surface area contributed by atoms with Gasteiger partial charge in [0, 0.05) is 50.6 Å². The third kappa shape index (κ3) is 4.71. The number of anilines is 2. The summed E-state index contributed by atoms with van der Waals surface area (Å²) >= 11 is 0. The zero-order valence-electron chi connectivity index (χ0n) is 16.4. The highest BCUT2D eigenvalue weighted by Gasteiger charge is 2.26. The molecule has 1 aliphatic heterocycles. The molecule has 3 aromatic rings. The predicted octanol–water partition coefficient (Wildman–Crippen LogP) is 2.64. The van der Waals surface area contributed by atoms with E-state index in [9.17, 15) is 4.79 Å². The number of piperidine rings is 1. The van der Waals surface area contributed by atoms with Crippen molar-refractivity contribution >= 4 is 17.4 Å². The minimum atomic E-state index is -0.0786. The lowest BCUT2D eigenvalue weighted by molar-refractivity contribution is -0.120. The van der Waals surface area contributed by atoms with Crippen LogP contribution >= 0.6 is 0 Å². The normalized spacial score (nSPS) is 16.4. The highest BCUT2D eigenvalue weighted by molar-refractivity contribution is 5.93. The summed E-state index contributed by atoms with van der Waals surface area (Å²) in [6, 6.07) is 7.42. The van der Waals surface area contributed by atoms with Crippen molar-refractivity contribution < 1.29 is 9.53 Å². The fourth-order valence-electron chi connectivity index (χ4n) is 3.42. The van der Waals surface area contributed by atoms with E-state index in [1.54, 1.807) is 24.8 Å². The Kier molecular flexibility index (Phi) is 5.69. The molecule has 29 heavy (non-hydrogen) atoms. The Labute approximate surface area is 169 Å². The predicted molar refractivity (Wildman–Crippen MR) is 110 cm³/mol. The van der Waals surface area contributed by atoms with E-state index in [4.69, 9.17) is 4.74 Å². The number of nitrogens with one attached hydrogen (secondary N) is 1. The van der Waals surface area contributed by atoms with Crippen LogP contribution in [-0.2, 0) is 18.4 Å². The molecular formula is C21H24N6O2. The lowest BCUT2D eigenvalue weighted by atomic mass is 9.97. The largest absolute Gasteiger partial charge is 0.486 e. The number of imidazole rings is 1. The summed E-state index contributed by atoms with van der Waals surface area (Å²) in [6.07, 6.45) is 10.5. The molecule has 1 aliphatic rings. The van der Waals surface area contributed by atoms with Crippen molar-refractivity contribution in [2.75, 3.05) is 23.3 Å². The number of ether oxygens (including phenoxy) is 1. The molecule has 0 aliphatic carbocycles. The Bertz CT molecular complexity index is 941. The molecule has 8 heteroatoms. The molecular weight excluding hydrogens is 368 g/mol. The van der Waals surface area contributed by atoms with Crippen molar-refractivity contribution in [2.45, 2.75) is 19.4 Å². The van der Waals surface area contributed by atoms with Crippen molar-refractivity contribution in [3.8, 4) is 5.75 Å². The minimum absolute atomic E-state index is 0.0280. The number of carbonyl (C=O) groups excluding carboxylic acids is 1. The van der Waals surface area contributed by atoms with Crippen molar-refractivity contribution in [3.05, 3.63) is 61.1 Å². The second-order valence-electron chi connectivity index (χ2n) is 7.11. The summed E-state index contributed by atoms with van der Waals surface area (Å²) < 4.78 is 7.67. The number of aromatic nitrogens is 4. The van der Waals surface area contributed by atoms with E-state index in [0.717, 1.165) is 42.5 Å². The number of nitrogens with zero attached hydrogens (tertiary/aromatic N) is 5. The van der Waals surface area contributed by atoms with E-state index in [0.29, 0.717) is 13.2 Å². The SMILES string of the molecule is Cn1ccnc1COc1ccc(NC(=O)C2CCCN(c3cnccn3)C2)cc1. The maximum absolute atomic E-state index is 12.7. The third-order valence-electron chi connectivity index (χ3n) is 5.08. The molecule has 2 aromatic heterocycles. The molecule has 1 N–H and O–H groups in total. The molecule has 0 bridgehead atoms. The molecule has 1 fully saturated rings. The average molecular weight is 392 g/mol. The van der Waals surface area contributed by atoms with Gasteiger partial charge in [0.15, 0.2) is 0 Å². The van der Waals surface area contributed by atoms with E-state index in [-0.39, 0.29) is 11.8 Å². The van der Waals surface area contributed by atoms with Gasteiger partial charge in [-0.1, -0.05) is 0 Å². The quantitative estimate of drug-likeness (QED) is 0.694. The van der Waals surface area contributed by atoms with Gasteiger partial charge >= 0.3 is 0 Å².